The third-order valence-electron chi connectivity index (χ3n) is 2.92. The predicted octanol–water partition coefficient (Wildman–Crippen LogP) is 1.87. The van der Waals surface area contributed by atoms with Crippen LogP contribution in [0.3, 0.4) is 0 Å². The molecule has 0 bridgehead atoms. The number of carbonyl (C=O) groups excluding carboxylic acids is 2. The van der Waals surface area contributed by atoms with Crippen molar-refractivity contribution in [2.75, 3.05) is 13.7 Å². The van der Waals surface area contributed by atoms with Crippen LogP contribution in [0.5, 0.6) is 11.5 Å². The maximum absolute atomic E-state index is 11.7. The van der Waals surface area contributed by atoms with Crippen LogP contribution in [0.4, 0.5) is 0 Å². The van der Waals surface area contributed by atoms with Crippen molar-refractivity contribution in [2.24, 2.45) is 0 Å². The van der Waals surface area contributed by atoms with Crippen LogP contribution in [0.25, 0.3) is 6.08 Å². The molecule has 0 aliphatic rings. The first kappa shape index (κ1) is 19.4. The Balaban J connectivity index is 1.66. The van der Waals surface area contributed by atoms with Crippen molar-refractivity contribution in [3.63, 3.8) is 0 Å². The normalized spacial score (nSPS) is 10.2. The number of nitrogens with one attached hydrogen (secondary N) is 3. The minimum Gasteiger partial charge on any atom is -0.497 e. The Morgan fingerprint density at radius 1 is 1.15 bits per heavy atom. The van der Waals surface area contributed by atoms with Gasteiger partial charge in [-0.25, -0.2) is 0 Å². The van der Waals surface area contributed by atoms with Gasteiger partial charge < -0.3 is 9.47 Å². The molecule has 0 radical (unpaired) electrons. The van der Waals surface area contributed by atoms with Crippen LogP contribution >= 0.6 is 23.6 Å². The van der Waals surface area contributed by atoms with Crippen LogP contribution in [0.2, 0.25) is 0 Å². The molecule has 3 N–H and O–H groups in total. The van der Waals surface area contributed by atoms with E-state index in [0.29, 0.717) is 11.5 Å². The summed E-state index contributed by atoms with van der Waals surface area (Å²) in [6.45, 7) is -0.214. The number of ether oxygens (including phenoxy) is 2. The first-order valence-corrected chi connectivity index (χ1v) is 8.74. The molecule has 1 aromatic heterocycles. The number of thiophene rings is 1. The maximum Gasteiger partial charge on any atom is 0.276 e. The van der Waals surface area contributed by atoms with Gasteiger partial charge in [-0.2, -0.15) is 0 Å². The molecule has 9 heteroatoms. The van der Waals surface area contributed by atoms with Crippen LogP contribution in [0.1, 0.15) is 4.88 Å². The summed E-state index contributed by atoms with van der Waals surface area (Å²) in [5, 5.41) is 4.30. The molecule has 1 heterocycles. The predicted molar refractivity (Wildman–Crippen MR) is 104 cm³/mol. The highest BCUT2D eigenvalue weighted by Gasteiger charge is 2.05. The summed E-state index contributed by atoms with van der Waals surface area (Å²) in [5.41, 5.74) is 4.76. The number of benzene rings is 1. The van der Waals surface area contributed by atoms with E-state index in [0.717, 1.165) is 4.88 Å². The summed E-state index contributed by atoms with van der Waals surface area (Å²) in [7, 11) is 1.56. The molecule has 2 amide bonds. The quantitative estimate of drug-likeness (QED) is 0.396. The van der Waals surface area contributed by atoms with Crippen molar-refractivity contribution in [1.82, 2.24) is 16.2 Å². The molecule has 26 heavy (non-hydrogen) atoms. The molecular formula is C17H17N3O4S2. The monoisotopic (exact) mass is 391 g/mol. The molecule has 2 aromatic rings. The Labute approximate surface area is 160 Å². The van der Waals surface area contributed by atoms with Gasteiger partial charge >= 0.3 is 0 Å². The fourth-order valence-corrected chi connectivity index (χ4v) is 2.48. The summed E-state index contributed by atoms with van der Waals surface area (Å²) >= 11 is 6.43. The van der Waals surface area contributed by atoms with Gasteiger partial charge in [-0.15, -0.1) is 11.3 Å². The minimum absolute atomic E-state index is 0.0244. The van der Waals surface area contributed by atoms with Crippen molar-refractivity contribution < 1.29 is 19.1 Å². The van der Waals surface area contributed by atoms with E-state index in [1.54, 1.807) is 37.5 Å². The summed E-state index contributed by atoms with van der Waals surface area (Å²) in [6, 6.07) is 10.6. The smallest absolute Gasteiger partial charge is 0.276 e. The first-order chi connectivity index (χ1) is 12.6. The second-order valence-corrected chi connectivity index (χ2v) is 6.19. The van der Waals surface area contributed by atoms with E-state index in [2.05, 4.69) is 16.2 Å². The van der Waals surface area contributed by atoms with Gasteiger partial charge in [0.25, 0.3) is 5.91 Å². The Bertz CT molecular complexity index is 774. The Kier molecular flexibility index (Phi) is 7.59. The van der Waals surface area contributed by atoms with Gasteiger partial charge in [-0.05, 0) is 54.0 Å². The van der Waals surface area contributed by atoms with Crippen LogP contribution in [0, 0.1) is 0 Å². The zero-order valence-electron chi connectivity index (χ0n) is 13.9. The molecule has 0 saturated heterocycles. The van der Waals surface area contributed by atoms with E-state index in [1.165, 1.54) is 17.4 Å². The Morgan fingerprint density at radius 2 is 1.88 bits per heavy atom. The van der Waals surface area contributed by atoms with Crippen molar-refractivity contribution in [2.45, 2.75) is 0 Å². The summed E-state index contributed by atoms with van der Waals surface area (Å²) < 4.78 is 10.3. The molecule has 7 nitrogen and oxygen atoms in total. The fraction of sp³-hybridized carbons (Fsp3) is 0.118. The molecule has 0 spiro atoms. The number of thiocarbonyl (C=S) groups is 1. The highest BCUT2D eigenvalue weighted by atomic mass is 32.1. The number of hydrogen-bond donors (Lipinski definition) is 3. The first-order valence-electron chi connectivity index (χ1n) is 7.45. The van der Waals surface area contributed by atoms with E-state index in [-0.39, 0.29) is 11.7 Å². The standard InChI is InChI=1S/C17H17N3O4S2/c1-23-12-4-6-13(7-5-12)24-11-16(22)19-20-17(25)18-15(21)9-8-14-3-2-10-26-14/h2-10H,11H2,1H3,(H,19,22)(H2,18,20,21,25)/b9-8+. The van der Waals surface area contributed by atoms with Crippen LogP contribution in [-0.2, 0) is 9.59 Å². The lowest BCUT2D eigenvalue weighted by Gasteiger charge is -2.10. The number of hydrogen-bond acceptors (Lipinski definition) is 6. The van der Waals surface area contributed by atoms with E-state index in [4.69, 9.17) is 21.7 Å². The van der Waals surface area contributed by atoms with Crippen molar-refractivity contribution >= 4 is 46.6 Å². The fourth-order valence-electron chi connectivity index (χ4n) is 1.71. The number of methoxy groups -OCH3 is 1. The zero-order chi connectivity index (χ0) is 18.8. The Morgan fingerprint density at radius 3 is 2.54 bits per heavy atom. The average Bonchev–Trinajstić information content (AvgIpc) is 3.17. The van der Waals surface area contributed by atoms with Gasteiger partial charge in [0, 0.05) is 11.0 Å². The van der Waals surface area contributed by atoms with E-state index in [9.17, 15) is 9.59 Å². The average molecular weight is 391 g/mol. The molecule has 1 aromatic carbocycles. The molecule has 0 fully saturated rings. The second-order valence-electron chi connectivity index (χ2n) is 4.80. The lowest BCUT2D eigenvalue weighted by Crippen LogP contribution is -2.49. The number of carbonyl (C=O) groups is 2. The largest absolute Gasteiger partial charge is 0.497 e. The molecule has 0 saturated carbocycles. The topological polar surface area (TPSA) is 88.7 Å². The molecule has 0 aliphatic heterocycles. The Hall–Kier alpha value is -2.91. The van der Waals surface area contributed by atoms with Gasteiger partial charge in [-0.1, -0.05) is 6.07 Å². The van der Waals surface area contributed by atoms with E-state index >= 15 is 0 Å². The minimum atomic E-state index is -0.452. The molecule has 0 atom stereocenters. The maximum atomic E-state index is 11.7. The van der Waals surface area contributed by atoms with Crippen molar-refractivity contribution in [1.29, 1.82) is 0 Å². The molecule has 0 aliphatic carbocycles. The van der Waals surface area contributed by atoms with Crippen molar-refractivity contribution in [3.05, 3.63) is 52.7 Å². The van der Waals surface area contributed by atoms with E-state index in [1.807, 2.05) is 17.5 Å². The number of amides is 2. The SMILES string of the molecule is COc1ccc(OCC(=O)NNC(=S)NC(=O)/C=C/c2cccs2)cc1. The van der Waals surface area contributed by atoms with Gasteiger partial charge in [0.15, 0.2) is 11.7 Å². The summed E-state index contributed by atoms with van der Waals surface area (Å²) in [5.74, 6) is 0.361. The lowest BCUT2D eigenvalue weighted by atomic mass is 10.3. The third-order valence-corrected chi connectivity index (χ3v) is 3.97. The van der Waals surface area contributed by atoms with Gasteiger partial charge in [0.1, 0.15) is 11.5 Å². The van der Waals surface area contributed by atoms with Crippen LogP contribution < -0.4 is 25.6 Å². The number of rotatable bonds is 6. The highest BCUT2D eigenvalue weighted by molar-refractivity contribution is 7.80. The van der Waals surface area contributed by atoms with Crippen LogP contribution in [0.15, 0.2) is 47.9 Å². The van der Waals surface area contributed by atoms with Crippen molar-refractivity contribution in [3.8, 4) is 11.5 Å². The summed E-state index contributed by atoms with van der Waals surface area (Å²) in [4.78, 5) is 24.3. The van der Waals surface area contributed by atoms with E-state index < -0.39 is 11.8 Å². The molecule has 0 unspecified atom stereocenters. The molecule has 136 valence electrons. The lowest BCUT2D eigenvalue weighted by molar-refractivity contribution is -0.123. The summed E-state index contributed by atoms with van der Waals surface area (Å²) in [6.07, 6.45) is 3.03. The van der Waals surface area contributed by atoms with Gasteiger partial charge in [0.2, 0.25) is 5.91 Å². The second kappa shape index (κ2) is 10.2. The number of hydrazine groups is 1. The zero-order valence-corrected chi connectivity index (χ0v) is 15.5. The van der Waals surface area contributed by atoms with Crippen LogP contribution in [-0.4, -0.2) is 30.6 Å². The molecular weight excluding hydrogens is 374 g/mol. The van der Waals surface area contributed by atoms with Gasteiger partial charge in [0.05, 0.1) is 7.11 Å². The molecule has 2 rings (SSSR count). The van der Waals surface area contributed by atoms with Gasteiger partial charge in [-0.3, -0.25) is 25.8 Å². The highest BCUT2D eigenvalue weighted by Crippen LogP contribution is 2.16. The third kappa shape index (κ3) is 6.91.